The van der Waals surface area contributed by atoms with Crippen LogP contribution in [0.2, 0.25) is 0 Å². The summed E-state index contributed by atoms with van der Waals surface area (Å²) in [6, 6.07) is 11.6. The number of benzene rings is 2. The smallest absolute Gasteiger partial charge is 0.304 e. The lowest BCUT2D eigenvalue weighted by Crippen LogP contribution is -2.44. The summed E-state index contributed by atoms with van der Waals surface area (Å²) >= 11 is 1.48. The van der Waals surface area contributed by atoms with Gasteiger partial charge in [-0.15, -0.1) is 11.3 Å². The minimum absolute atomic E-state index is 0.209. The van der Waals surface area contributed by atoms with Crippen molar-refractivity contribution in [2.24, 2.45) is 5.41 Å². The van der Waals surface area contributed by atoms with Gasteiger partial charge in [0.05, 0.1) is 69.0 Å². The maximum Gasteiger partial charge on any atom is 0.304 e. The van der Waals surface area contributed by atoms with Crippen LogP contribution >= 0.6 is 11.3 Å². The van der Waals surface area contributed by atoms with Crippen molar-refractivity contribution in [3.05, 3.63) is 52.5 Å². The van der Waals surface area contributed by atoms with E-state index in [9.17, 15) is 14.7 Å². The molecule has 0 bridgehead atoms. The van der Waals surface area contributed by atoms with Crippen molar-refractivity contribution in [3.8, 4) is 11.5 Å². The summed E-state index contributed by atoms with van der Waals surface area (Å²) in [5.74, 6) is 0.0957. The zero-order valence-electron chi connectivity index (χ0n) is 22.7. The highest BCUT2D eigenvalue weighted by Crippen LogP contribution is 2.40. The summed E-state index contributed by atoms with van der Waals surface area (Å²) in [4.78, 5) is 29.7. The molecule has 8 nitrogen and oxygen atoms in total. The van der Waals surface area contributed by atoms with Crippen molar-refractivity contribution in [3.63, 3.8) is 0 Å². The van der Waals surface area contributed by atoms with E-state index in [-0.39, 0.29) is 18.9 Å². The number of hydrogen-bond acceptors (Lipinski definition) is 6. The quantitative estimate of drug-likeness (QED) is 0.246. The van der Waals surface area contributed by atoms with E-state index in [4.69, 9.17) is 14.5 Å². The van der Waals surface area contributed by atoms with E-state index in [0.717, 1.165) is 56.9 Å². The van der Waals surface area contributed by atoms with Crippen LogP contribution in [0.3, 0.4) is 0 Å². The van der Waals surface area contributed by atoms with Crippen LogP contribution in [0.4, 0.5) is 0 Å². The second kappa shape index (κ2) is 11.7. The zero-order valence-corrected chi connectivity index (χ0v) is 23.5. The SMILES string of the molecule is CC[N+](C)(CC)CCCOc1cc2nc(CNC(=O)C3(CC(=O)O)Cc4ccccc4C3)sc2cc1OC. The summed E-state index contributed by atoms with van der Waals surface area (Å²) in [7, 11) is 3.89. The lowest BCUT2D eigenvalue weighted by Gasteiger charge is -2.32. The number of carboxylic acid groups (broad SMARTS) is 1. The Hall–Kier alpha value is -3.17. The number of carboxylic acids is 1. The van der Waals surface area contributed by atoms with Crippen LogP contribution < -0.4 is 14.8 Å². The van der Waals surface area contributed by atoms with Crippen LogP contribution in [0.1, 0.15) is 42.8 Å². The molecule has 0 unspecified atom stereocenters. The number of hydrogen-bond donors (Lipinski definition) is 2. The molecule has 0 saturated carbocycles. The van der Waals surface area contributed by atoms with Crippen molar-refractivity contribution < 1.29 is 28.7 Å². The largest absolute Gasteiger partial charge is 0.493 e. The third kappa shape index (κ3) is 6.10. The Labute approximate surface area is 228 Å². The molecule has 2 N–H and O–H groups in total. The van der Waals surface area contributed by atoms with Gasteiger partial charge in [-0.1, -0.05) is 24.3 Å². The average molecular weight is 541 g/mol. The standard InChI is InChI=1S/C29H37N3O5S/c1-5-32(3,6-2)12-9-13-37-24-14-22-25(15-23(24)36-4)38-26(31-22)19-30-28(35)29(18-27(33)34)16-20-10-7-8-11-21(20)17-29/h7-8,10-11,14-15H,5-6,9,12-13,16-19H2,1-4H3,(H-,30,33,34,35)/p+1. The first-order valence-electron chi connectivity index (χ1n) is 13.2. The third-order valence-corrected chi connectivity index (χ3v) is 8.91. The number of carbonyl (C=O) groups excluding carboxylic acids is 1. The number of carbonyl (C=O) groups is 2. The first-order valence-corrected chi connectivity index (χ1v) is 14.0. The molecule has 2 aromatic carbocycles. The number of amides is 1. The Morgan fingerprint density at radius 2 is 1.82 bits per heavy atom. The number of nitrogens with one attached hydrogen (secondary N) is 1. The van der Waals surface area contributed by atoms with Gasteiger partial charge in [0.15, 0.2) is 11.5 Å². The normalized spacial score (nSPS) is 14.3. The van der Waals surface area contributed by atoms with Gasteiger partial charge in [0.1, 0.15) is 5.01 Å². The van der Waals surface area contributed by atoms with Crippen LogP contribution in [0.5, 0.6) is 11.5 Å². The molecule has 0 radical (unpaired) electrons. The van der Waals surface area contributed by atoms with E-state index < -0.39 is 11.4 Å². The summed E-state index contributed by atoms with van der Waals surface area (Å²) in [5, 5.41) is 13.3. The van der Waals surface area contributed by atoms with Crippen LogP contribution in [-0.2, 0) is 29.0 Å². The lowest BCUT2D eigenvalue weighted by molar-refractivity contribution is -0.906. The summed E-state index contributed by atoms with van der Waals surface area (Å²) < 4.78 is 13.6. The minimum atomic E-state index is -0.985. The maximum absolute atomic E-state index is 13.3. The van der Waals surface area contributed by atoms with Crippen molar-refractivity contribution in [2.45, 2.75) is 46.1 Å². The molecule has 0 atom stereocenters. The van der Waals surface area contributed by atoms with Gasteiger partial charge in [0.25, 0.3) is 0 Å². The predicted octanol–water partition coefficient (Wildman–Crippen LogP) is 4.44. The number of thiazole rings is 1. The average Bonchev–Trinajstić information content (AvgIpc) is 3.49. The fourth-order valence-corrected chi connectivity index (χ4v) is 6.11. The molecule has 4 rings (SSSR count). The number of methoxy groups -OCH3 is 1. The molecule has 1 aliphatic carbocycles. The van der Waals surface area contributed by atoms with Crippen LogP contribution in [0.25, 0.3) is 10.2 Å². The highest BCUT2D eigenvalue weighted by atomic mass is 32.1. The minimum Gasteiger partial charge on any atom is -0.493 e. The molecule has 1 aromatic heterocycles. The van der Waals surface area contributed by atoms with Gasteiger partial charge in [-0.25, -0.2) is 4.98 Å². The van der Waals surface area contributed by atoms with Gasteiger partial charge in [-0.05, 0) is 37.8 Å². The zero-order chi connectivity index (χ0) is 27.3. The highest BCUT2D eigenvalue weighted by Gasteiger charge is 2.45. The molecule has 0 aliphatic heterocycles. The molecule has 1 heterocycles. The molecule has 1 aliphatic rings. The fraction of sp³-hybridized carbons (Fsp3) is 0.483. The molecule has 3 aromatic rings. The summed E-state index contributed by atoms with van der Waals surface area (Å²) in [6.07, 6.45) is 1.58. The van der Waals surface area contributed by atoms with E-state index >= 15 is 0 Å². The van der Waals surface area contributed by atoms with E-state index in [1.165, 1.54) is 11.3 Å². The molecule has 1 amide bonds. The summed E-state index contributed by atoms with van der Waals surface area (Å²) in [6.45, 7) is 8.48. The van der Waals surface area contributed by atoms with Crippen molar-refractivity contribution in [2.75, 3.05) is 40.4 Å². The molecule has 0 fully saturated rings. The van der Waals surface area contributed by atoms with E-state index in [1.807, 2.05) is 36.4 Å². The van der Waals surface area contributed by atoms with Gasteiger partial charge in [0.2, 0.25) is 5.91 Å². The Morgan fingerprint density at radius 1 is 1.13 bits per heavy atom. The number of quaternary nitrogens is 1. The van der Waals surface area contributed by atoms with E-state index in [0.29, 0.717) is 30.9 Å². The number of nitrogens with zero attached hydrogens (tertiary/aromatic N) is 2. The Kier molecular flexibility index (Phi) is 8.57. The highest BCUT2D eigenvalue weighted by molar-refractivity contribution is 7.18. The lowest BCUT2D eigenvalue weighted by atomic mass is 9.80. The van der Waals surface area contributed by atoms with Crippen LogP contribution in [-0.4, -0.2) is 66.8 Å². The van der Waals surface area contributed by atoms with Gasteiger partial charge in [-0.3, -0.25) is 9.59 Å². The predicted molar refractivity (Wildman–Crippen MR) is 149 cm³/mol. The van der Waals surface area contributed by atoms with Crippen molar-refractivity contribution in [1.82, 2.24) is 10.3 Å². The number of fused-ring (bicyclic) bond motifs is 2. The molecular weight excluding hydrogens is 502 g/mol. The molecule has 204 valence electrons. The molecule has 0 saturated heterocycles. The van der Waals surface area contributed by atoms with Gasteiger partial charge < -0.3 is 24.4 Å². The number of aliphatic carboxylic acids is 1. The second-order valence-corrected chi connectivity index (χ2v) is 11.5. The third-order valence-electron chi connectivity index (χ3n) is 7.89. The molecule has 0 spiro atoms. The summed E-state index contributed by atoms with van der Waals surface area (Å²) in [5.41, 5.74) is 1.88. The van der Waals surface area contributed by atoms with E-state index in [1.54, 1.807) is 7.11 Å². The number of ether oxygens (including phenoxy) is 2. The molecule has 38 heavy (non-hydrogen) atoms. The first-order chi connectivity index (χ1) is 18.2. The van der Waals surface area contributed by atoms with Gasteiger partial charge in [0, 0.05) is 18.6 Å². The van der Waals surface area contributed by atoms with E-state index in [2.05, 4.69) is 26.2 Å². The number of rotatable bonds is 13. The monoisotopic (exact) mass is 540 g/mol. The Balaban J connectivity index is 1.43. The Bertz CT molecular complexity index is 1280. The second-order valence-electron chi connectivity index (χ2n) is 10.4. The van der Waals surface area contributed by atoms with Crippen molar-refractivity contribution >= 4 is 33.4 Å². The topological polar surface area (TPSA) is 97.8 Å². The maximum atomic E-state index is 13.3. The van der Waals surface area contributed by atoms with Gasteiger partial charge in [-0.2, -0.15) is 0 Å². The first kappa shape index (κ1) is 27.9. The van der Waals surface area contributed by atoms with Crippen LogP contribution in [0, 0.1) is 5.41 Å². The number of aromatic nitrogens is 1. The molecule has 9 heteroatoms. The van der Waals surface area contributed by atoms with Gasteiger partial charge >= 0.3 is 5.97 Å². The Morgan fingerprint density at radius 3 is 2.42 bits per heavy atom. The molecular formula is C29H38N3O5S+. The van der Waals surface area contributed by atoms with Crippen LogP contribution in [0.15, 0.2) is 36.4 Å². The fourth-order valence-electron chi connectivity index (χ4n) is 5.19. The van der Waals surface area contributed by atoms with Crippen molar-refractivity contribution in [1.29, 1.82) is 0 Å².